The number of carboxylic acid groups (broad SMARTS) is 1. The molecule has 26 heavy (non-hydrogen) atoms. The number of benzene rings is 1. The van der Waals surface area contributed by atoms with Gasteiger partial charge in [-0.1, -0.05) is 17.7 Å². The first-order valence-electron chi connectivity index (χ1n) is 8.66. The van der Waals surface area contributed by atoms with Gasteiger partial charge in [-0.15, -0.1) is 0 Å². The average Bonchev–Trinajstić information content (AvgIpc) is 2.80. The Morgan fingerprint density at radius 2 is 1.85 bits per heavy atom. The first-order valence-corrected chi connectivity index (χ1v) is 10.1. The minimum absolute atomic E-state index is 0.0182. The number of amides is 1. The molecule has 2 heterocycles. The molecule has 3 rings (SSSR count). The molecule has 0 radical (unpaired) electrons. The molecular formula is C18H24N2O5S. The molecule has 2 aliphatic rings. The lowest BCUT2D eigenvalue weighted by Gasteiger charge is -2.45. The van der Waals surface area contributed by atoms with E-state index in [0.717, 1.165) is 5.56 Å². The number of hydrogen-bond acceptors (Lipinski definition) is 4. The zero-order chi connectivity index (χ0) is 19.3. The van der Waals surface area contributed by atoms with Gasteiger partial charge in [0.25, 0.3) is 0 Å². The van der Waals surface area contributed by atoms with E-state index in [1.165, 1.54) is 9.21 Å². The van der Waals surface area contributed by atoms with E-state index in [9.17, 15) is 23.1 Å². The Morgan fingerprint density at radius 1 is 1.23 bits per heavy atom. The molecule has 0 aliphatic carbocycles. The number of carboxylic acids is 1. The first-order chi connectivity index (χ1) is 12.1. The van der Waals surface area contributed by atoms with Crippen molar-refractivity contribution in [1.29, 1.82) is 0 Å². The van der Waals surface area contributed by atoms with Gasteiger partial charge in [-0.3, -0.25) is 9.59 Å². The Labute approximate surface area is 153 Å². The number of carbonyl (C=O) groups is 2. The van der Waals surface area contributed by atoms with Crippen LogP contribution < -0.4 is 0 Å². The maximum Gasteiger partial charge on any atom is 0.309 e. The Kier molecular flexibility index (Phi) is 4.60. The minimum atomic E-state index is -3.64. The highest BCUT2D eigenvalue weighted by atomic mass is 32.2. The SMILES string of the molecule is Cc1ccc(S(=O)(=O)N2CCC3(CC2)[C@H](C(=O)O)CC(=O)N3C)c(C)c1. The van der Waals surface area contributed by atoms with Gasteiger partial charge in [0.2, 0.25) is 15.9 Å². The highest BCUT2D eigenvalue weighted by molar-refractivity contribution is 7.89. The number of nitrogens with zero attached hydrogens (tertiary/aromatic N) is 2. The largest absolute Gasteiger partial charge is 0.481 e. The molecule has 2 saturated heterocycles. The topological polar surface area (TPSA) is 95.0 Å². The number of sulfonamides is 1. The molecule has 142 valence electrons. The second-order valence-electron chi connectivity index (χ2n) is 7.32. The quantitative estimate of drug-likeness (QED) is 0.855. The van der Waals surface area contributed by atoms with Crippen LogP contribution in [-0.4, -0.2) is 60.3 Å². The Hall–Kier alpha value is -1.93. The van der Waals surface area contributed by atoms with Gasteiger partial charge in [-0.25, -0.2) is 8.42 Å². The fourth-order valence-corrected chi connectivity index (χ4v) is 5.97. The first kappa shape index (κ1) is 18.8. The zero-order valence-corrected chi connectivity index (χ0v) is 16.0. The Morgan fingerprint density at radius 3 is 2.38 bits per heavy atom. The molecule has 8 heteroatoms. The third-order valence-electron chi connectivity index (χ3n) is 5.90. The average molecular weight is 380 g/mol. The molecule has 2 fully saturated rings. The number of rotatable bonds is 3. The number of piperidine rings is 1. The molecule has 0 saturated carbocycles. The van der Waals surface area contributed by atoms with Gasteiger partial charge in [0.1, 0.15) is 0 Å². The number of carbonyl (C=O) groups excluding carboxylic acids is 1. The molecule has 0 bridgehead atoms. The van der Waals surface area contributed by atoms with E-state index in [1.807, 2.05) is 13.0 Å². The number of likely N-dealkylation sites (tertiary alicyclic amines) is 1. The van der Waals surface area contributed by atoms with Crippen LogP contribution in [0.1, 0.15) is 30.4 Å². The van der Waals surface area contributed by atoms with Crippen molar-refractivity contribution in [1.82, 2.24) is 9.21 Å². The highest BCUT2D eigenvalue weighted by Crippen LogP contribution is 2.43. The summed E-state index contributed by atoms with van der Waals surface area (Å²) in [5.74, 6) is -1.97. The summed E-state index contributed by atoms with van der Waals surface area (Å²) in [6.45, 7) is 4.09. The van der Waals surface area contributed by atoms with E-state index in [0.29, 0.717) is 18.4 Å². The molecule has 0 unspecified atom stereocenters. The molecule has 1 N–H and O–H groups in total. The Bertz CT molecular complexity index is 856. The van der Waals surface area contributed by atoms with Crippen LogP contribution in [0.25, 0.3) is 0 Å². The van der Waals surface area contributed by atoms with Crippen molar-refractivity contribution in [2.24, 2.45) is 5.92 Å². The molecular weight excluding hydrogens is 356 g/mol. The summed E-state index contributed by atoms with van der Waals surface area (Å²) in [6, 6.07) is 5.23. The number of aryl methyl sites for hydroxylation is 2. The minimum Gasteiger partial charge on any atom is -0.481 e. The molecule has 7 nitrogen and oxygen atoms in total. The highest BCUT2D eigenvalue weighted by Gasteiger charge is 2.56. The van der Waals surface area contributed by atoms with Crippen LogP contribution in [0.15, 0.2) is 23.1 Å². The summed E-state index contributed by atoms with van der Waals surface area (Å²) in [4.78, 5) is 25.5. The van der Waals surface area contributed by atoms with E-state index in [2.05, 4.69) is 0 Å². The van der Waals surface area contributed by atoms with Crippen molar-refractivity contribution in [2.45, 2.75) is 43.5 Å². The van der Waals surface area contributed by atoms with Gasteiger partial charge in [-0.05, 0) is 38.3 Å². The lowest BCUT2D eigenvalue weighted by Crippen LogP contribution is -2.56. The van der Waals surface area contributed by atoms with Crippen LogP contribution in [-0.2, 0) is 19.6 Å². The van der Waals surface area contributed by atoms with Crippen LogP contribution >= 0.6 is 0 Å². The van der Waals surface area contributed by atoms with Crippen LogP contribution in [0.4, 0.5) is 0 Å². The number of hydrogen-bond donors (Lipinski definition) is 1. The van der Waals surface area contributed by atoms with E-state index in [-0.39, 0.29) is 30.3 Å². The molecule has 2 aliphatic heterocycles. The van der Waals surface area contributed by atoms with Crippen molar-refractivity contribution >= 4 is 21.9 Å². The second-order valence-corrected chi connectivity index (χ2v) is 9.23. The maximum atomic E-state index is 13.0. The summed E-state index contributed by atoms with van der Waals surface area (Å²) < 4.78 is 27.4. The third-order valence-corrected chi connectivity index (χ3v) is 7.96. The van der Waals surface area contributed by atoms with Crippen molar-refractivity contribution in [2.75, 3.05) is 20.1 Å². The van der Waals surface area contributed by atoms with Crippen molar-refractivity contribution in [3.63, 3.8) is 0 Å². The van der Waals surface area contributed by atoms with Crippen LogP contribution in [0, 0.1) is 19.8 Å². The monoisotopic (exact) mass is 380 g/mol. The molecule has 1 atom stereocenters. The molecule has 1 aromatic carbocycles. The van der Waals surface area contributed by atoms with Crippen LogP contribution in [0.5, 0.6) is 0 Å². The Balaban J connectivity index is 1.86. The summed E-state index contributed by atoms with van der Waals surface area (Å²) >= 11 is 0. The van der Waals surface area contributed by atoms with Gasteiger partial charge < -0.3 is 10.0 Å². The van der Waals surface area contributed by atoms with Gasteiger partial charge in [-0.2, -0.15) is 4.31 Å². The van der Waals surface area contributed by atoms with Gasteiger partial charge in [0.15, 0.2) is 0 Å². The van der Waals surface area contributed by atoms with Crippen LogP contribution in [0.3, 0.4) is 0 Å². The normalized spacial score (nSPS) is 23.6. The standard InChI is InChI=1S/C18H24N2O5S/c1-12-4-5-15(13(2)10-12)26(24,25)20-8-6-18(7-9-20)14(17(22)23)11-16(21)19(18)3/h4-5,10,14H,6-9,11H2,1-3H3,(H,22,23)/t14-/m0/s1. The second kappa shape index (κ2) is 6.35. The summed E-state index contributed by atoms with van der Waals surface area (Å²) in [5, 5.41) is 9.52. The molecule has 0 aromatic heterocycles. The number of aliphatic carboxylic acids is 1. The van der Waals surface area contributed by atoms with Crippen molar-refractivity contribution in [3.8, 4) is 0 Å². The van der Waals surface area contributed by atoms with Gasteiger partial charge in [0.05, 0.1) is 16.4 Å². The van der Waals surface area contributed by atoms with E-state index < -0.39 is 27.4 Å². The van der Waals surface area contributed by atoms with E-state index in [1.54, 1.807) is 26.1 Å². The van der Waals surface area contributed by atoms with E-state index in [4.69, 9.17) is 0 Å². The smallest absolute Gasteiger partial charge is 0.309 e. The van der Waals surface area contributed by atoms with Crippen molar-refractivity contribution in [3.05, 3.63) is 29.3 Å². The maximum absolute atomic E-state index is 13.0. The van der Waals surface area contributed by atoms with Gasteiger partial charge in [0, 0.05) is 26.6 Å². The van der Waals surface area contributed by atoms with Crippen molar-refractivity contribution < 1.29 is 23.1 Å². The fourth-order valence-electron chi connectivity index (χ4n) is 4.33. The lowest BCUT2D eigenvalue weighted by molar-refractivity contribution is -0.145. The van der Waals surface area contributed by atoms with E-state index >= 15 is 0 Å². The molecule has 1 spiro atoms. The summed E-state index contributed by atoms with van der Waals surface area (Å²) in [6.07, 6.45) is 0.641. The third kappa shape index (κ3) is 2.81. The predicted octanol–water partition coefficient (Wildman–Crippen LogP) is 1.39. The van der Waals surface area contributed by atoms with Crippen LogP contribution in [0.2, 0.25) is 0 Å². The molecule has 1 aromatic rings. The molecule has 1 amide bonds. The fraction of sp³-hybridized carbons (Fsp3) is 0.556. The predicted molar refractivity (Wildman–Crippen MR) is 95.2 cm³/mol. The lowest BCUT2D eigenvalue weighted by atomic mass is 9.77. The summed E-state index contributed by atoms with van der Waals surface area (Å²) in [7, 11) is -2.02. The zero-order valence-electron chi connectivity index (χ0n) is 15.2. The van der Waals surface area contributed by atoms with Gasteiger partial charge >= 0.3 is 5.97 Å². The summed E-state index contributed by atoms with van der Waals surface area (Å²) in [5.41, 5.74) is 0.897.